The summed E-state index contributed by atoms with van der Waals surface area (Å²) in [5.41, 5.74) is 3.51. The number of benzene rings is 2. The SMILES string of the molecule is OC(Cc1ccccc1Br)C1OCCc2ccccc21. The molecule has 3 heteroatoms. The first-order valence-electron chi connectivity index (χ1n) is 6.86. The highest BCUT2D eigenvalue weighted by Crippen LogP contribution is 2.31. The molecule has 0 saturated carbocycles. The zero-order valence-corrected chi connectivity index (χ0v) is 12.7. The van der Waals surface area contributed by atoms with E-state index in [-0.39, 0.29) is 6.10 Å². The van der Waals surface area contributed by atoms with Crippen LogP contribution in [0.2, 0.25) is 0 Å². The lowest BCUT2D eigenvalue weighted by Gasteiger charge is -2.30. The quantitative estimate of drug-likeness (QED) is 0.929. The Hall–Kier alpha value is -1.16. The Labute approximate surface area is 127 Å². The lowest BCUT2D eigenvalue weighted by atomic mass is 9.92. The third-order valence-corrected chi connectivity index (χ3v) is 4.54. The van der Waals surface area contributed by atoms with Gasteiger partial charge < -0.3 is 9.84 Å². The van der Waals surface area contributed by atoms with Gasteiger partial charge >= 0.3 is 0 Å². The van der Waals surface area contributed by atoms with Crippen molar-refractivity contribution in [1.82, 2.24) is 0 Å². The number of aliphatic hydroxyl groups is 1. The summed E-state index contributed by atoms with van der Waals surface area (Å²) in [5, 5.41) is 10.6. The van der Waals surface area contributed by atoms with Gasteiger partial charge in [0.2, 0.25) is 0 Å². The fourth-order valence-electron chi connectivity index (χ4n) is 2.74. The molecule has 1 aliphatic rings. The van der Waals surface area contributed by atoms with Crippen molar-refractivity contribution in [3.05, 3.63) is 69.7 Å². The summed E-state index contributed by atoms with van der Waals surface area (Å²) in [4.78, 5) is 0. The Kier molecular flexibility index (Phi) is 4.20. The van der Waals surface area contributed by atoms with E-state index < -0.39 is 6.10 Å². The van der Waals surface area contributed by atoms with E-state index in [2.05, 4.69) is 28.1 Å². The minimum absolute atomic E-state index is 0.230. The Morgan fingerprint density at radius 3 is 2.75 bits per heavy atom. The largest absolute Gasteiger partial charge is 0.390 e. The summed E-state index contributed by atoms with van der Waals surface area (Å²) < 4.78 is 6.84. The molecule has 2 unspecified atom stereocenters. The molecule has 1 aliphatic heterocycles. The number of ether oxygens (including phenoxy) is 1. The molecule has 2 atom stereocenters. The number of hydrogen-bond donors (Lipinski definition) is 1. The van der Waals surface area contributed by atoms with Crippen LogP contribution in [0.1, 0.15) is 22.8 Å². The summed E-state index contributed by atoms with van der Waals surface area (Å²) in [5.74, 6) is 0. The fourth-order valence-corrected chi connectivity index (χ4v) is 3.19. The highest BCUT2D eigenvalue weighted by molar-refractivity contribution is 9.10. The molecule has 0 radical (unpaired) electrons. The molecule has 104 valence electrons. The van der Waals surface area contributed by atoms with Gasteiger partial charge in [0, 0.05) is 10.9 Å². The Bertz CT molecular complexity index is 597. The van der Waals surface area contributed by atoms with E-state index >= 15 is 0 Å². The monoisotopic (exact) mass is 332 g/mol. The zero-order chi connectivity index (χ0) is 13.9. The van der Waals surface area contributed by atoms with E-state index in [0.29, 0.717) is 13.0 Å². The second-order valence-electron chi connectivity index (χ2n) is 5.10. The van der Waals surface area contributed by atoms with Gasteiger partial charge in [-0.3, -0.25) is 0 Å². The predicted molar refractivity (Wildman–Crippen MR) is 82.7 cm³/mol. The molecule has 0 amide bonds. The third-order valence-electron chi connectivity index (χ3n) is 3.77. The van der Waals surface area contributed by atoms with Crippen LogP contribution in [0, 0.1) is 0 Å². The van der Waals surface area contributed by atoms with Crippen LogP contribution >= 0.6 is 15.9 Å². The van der Waals surface area contributed by atoms with Crippen LogP contribution in [0.15, 0.2) is 53.0 Å². The van der Waals surface area contributed by atoms with Crippen LogP contribution in [0.5, 0.6) is 0 Å². The van der Waals surface area contributed by atoms with E-state index in [1.807, 2.05) is 36.4 Å². The van der Waals surface area contributed by atoms with E-state index in [4.69, 9.17) is 4.74 Å². The third kappa shape index (κ3) is 2.80. The first-order chi connectivity index (χ1) is 9.75. The normalized spacial score (nSPS) is 19.4. The molecular weight excluding hydrogens is 316 g/mol. The van der Waals surface area contributed by atoms with Crippen LogP contribution in [0.25, 0.3) is 0 Å². The van der Waals surface area contributed by atoms with E-state index in [9.17, 15) is 5.11 Å². The molecule has 0 fully saturated rings. The highest BCUT2D eigenvalue weighted by Gasteiger charge is 2.27. The van der Waals surface area contributed by atoms with Gasteiger partial charge in [0.1, 0.15) is 6.10 Å². The van der Waals surface area contributed by atoms with Gasteiger partial charge in [-0.25, -0.2) is 0 Å². The van der Waals surface area contributed by atoms with Crippen LogP contribution in [-0.4, -0.2) is 17.8 Å². The summed E-state index contributed by atoms with van der Waals surface area (Å²) >= 11 is 3.53. The number of halogens is 1. The van der Waals surface area contributed by atoms with Gasteiger partial charge in [0.25, 0.3) is 0 Å². The molecule has 0 aliphatic carbocycles. The van der Waals surface area contributed by atoms with Crippen LogP contribution < -0.4 is 0 Å². The molecule has 0 spiro atoms. The molecule has 2 aromatic carbocycles. The smallest absolute Gasteiger partial charge is 0.109 e. The molecule has 20 heavy (non-hydrogen) atoms. The van der Waals surface area contributed by atoms with Gasteiger partial charge in [-0.15, -0.1) is 0 Å². The first kappa shape index (κ1) is 13.8. The number of hydrogen-bond acceptors (Lipinski definition) is 2. The number of aliphatic hydroxyl groups excluding tert-OH is 1. The van der Waals surface area contributed by atoms with E-state index in [1.54, 1.807) is 0 Å². The Balaban J connectivity index is 1.82. The van der Waals surface area contributed by atoms with Crippen LogP contribution in [-0.2, 0) is 17.6 Å². The average Bonchev–Trinajstić information content (AvgIpc) is 2.49. The van der Waals surface area contributed by atoms with Gasteiger partial charge in [-0.05, 0) is 29.2 Å². The van der Waals surface area contributed by atoms with Crippen molar-refractivity contribution in [2.45, 2.75) is 25.0 Å². The molecule has 3 rings (SSSR count). The highest BCUT2D eigenvalue weighted by atomic mass is 79.9. The number of rotatable bonds is 3. The summed E-state index contributed by atoms with van der Waals surface area (Å²) in [6, 6.07) is 16.2. The first-order valence-corrected chi connectivity index (χ1v) is 7.66. The van der Waals surface area contributed by atoms with Gasteiger partial charge in [-0.1, -0.05) is 58.4 Å². The number of fused-ring (bicyclic) bond motifs is 1. The second kappa shape index (κ2) is 6.08. The van der Waals surface area contributed by atoms with E-state index in [1.165, 1.54) is 5.56 Å². The molecule has 0 saturated heterocycles. The Morgan fingerprint density at radius 1 is 1.15 bits per heavy atom. The van der Waals surface area contributed by atoms with Gasteiger partial charge in [0.05, 0.1) is 12.7 Å². The van der Waals surface area contributed by atoms with E-state index in [0.717, 1.165) is 22.0 Å². The predicted octanol–water partition coefficient (Wildman–Crippen LogP) is 3.67. The average molecular weight is 333 g/mol. The molecule has 1 heterocycles. The van der Waals surface area contributed by atoms with Gasteiger partial charge in [0.15, 0.2) is 0 Å². The minimum Gasteiger partial charge on any atom is -0.390 e. The van der Waals surface area contributed by atoms with Crippen molar-refractivity contribution in [3.63, 3.8) is 0 Å². The minimum atomic E-state index is -0.532. The molecule has 1 N–H and O–H groups in total. The molecule has 0 bridgehead atoms. The lowest BCUT2D eigenvalue weighted by Crippen LogP contribution is -2.28. The molecule has 2 nitrogen and oxygen atoms in total. The fraction of sp³-hybridized carbons (Fsp3) is 0.294. The molecule has 2 aromatic rings. The summed E-state index contributed by atoms with van der Waals surface area (Å²) in [6.45, 7) is 0.675. The van der Waals surface area contributed by atoms with Gasteiger partial charge in [-0.2, -0.15) is 0 Å². The Morgan fingerprint density at radius 2 is 1.90 bits per heavy atom. The van der Waals surface area contributed by atoms with Crippen molar-refractivity contribution < 1.29 is 9.84 Å². The summed E-state index contributed by atoms with van der Waals surface area (Å²) in [7, 11) is 0. The summed E-state index contributed by atoms with van der Waals surface area (Å²) in [6.07, 6.45) is 0.747. The van der Waals surface area contributed by atoms with Crippen molar-refractivity contribution in [3.8, 4) is 0 Å². The van der Waals surface area contributed by atoms with Crippen molar-refractivity contribution >= 4 is 15.9 Å². The maximum Gasteiger partial charge on any atom is 0.109 e. The maximum atomic E-state index is 10.6. The molecular formula is C17H17BrO2. The zero-order valence-electron chi connectivity index (χ0n) is 11.1. The van der Waals surface area contributed by atoms with Crippen molar-refractivity contribution in [2.75, 3.05) is 6.61 Å². The molecule has 0 aromatic heterocycles. The maximum absolute atomic E-state index is 10.6. The van der Waals surface area contributed by atoms with Crippen molar-refractivity contribution in [1.29, 1.82) is 0 Å². The van der Waals surface area contributed by atoms with Crippen LogP contribution in [0.4, 0.5) is 0 Å². The van der Waals surface area contributed by atoms with Crippen molar-refractivity contribution in [2.24, 2.45) is 0 Å². The topological polar surface area (TPSA) is 29.5 Å². The second-order valence-corrected chi connectivity index (χ2v) is 5.96. The van der Waals surface area contributed by atoms with Crippen LogP contribution in [0.3, 0.4) is 0 Å². The standard InChI is InChI=1S/C17H17BrO2/c18-15-8-4-2-6-13(15)11-16(19)17-14-7-3-1-5-12(14)9-10-20-17/h1-8,16-17,19H,9-11H2. The lowest BCUT2D eigenvalue weighted by molar-refractivity contribution is -0.0461.